The SMILES string of the molecule is CCOC(=O)NNc1nc(C=Cc2ccc([N+](=O)[O-])cc2)cs1. The molecule has 1 amide bonds. The highest BCUT2D eigenvalue weighted by Gasteiger charge is 2.04. The predicted molar refractivity (Wildman–Crippen MR) is 87.9 cm³/mol. The zero-order valence-electron chi connectivity index (χ0n) is 12.2. The molecule has 8 nitrogen and oxygen atoms in total. The summed E-state index contributed by atoms with van der Waals surface area (Å²) in [5, 5.41) is 12.9. The van der Waals surface area contributed by atoms with E-state index in [0.717, 1.165) is 5.56 Å². The van der Waals surface area contributed by atoms with Crippen LogP contribution in [0.1, 0.15) is 18.2 Å². The Kier molecular flexibility index (Phi) is 5.64. The number of hydrazine groups is 1. The highest BCUT2D eigenvalue weighted by Crippen LogP contribution is 2.18. The Bertz CT molecular complexity index is 712. The van der Waals surface area contributed by atoms with Crippen LogP contribution in [0.3, 0.4) is 0 Å². The molecule has 0 radical (unpaired) electrons. The van der Waals surface area contributed by atoms with Crippen molar-refractivity contribution in [3.8, 4) is 0 Å². The smallest absolute Gasteiger partial charge is 0.425 e. The highest BCUT2D eigenvalue weighted by molar-refractivity contribution is 7.13. The van der Waals surface area contributed by atoms with E-state index in [0.29, 0.717) is 10.8 Å². The lowest BCUT2D eigenvalue weighted by atomic mass is 10.2. The molecule has 0 spiro atoms. The van der Waals surface area contributed by atoms with Crippen LogP contribution in [0.5, 0.6) is 0 Å². The first kappa shape index (κ1) is 16.4. The van der Waals surface area contributed by atoms with Crippen molar-refractivity contribution >= 4 is 40.4 Å². The summed E-state index contributed by atoms with van der Waals surface area (Å²) in [6.07, 6.45) is 2.99. The first-order valence-corrected chi connectivity index (χ1v) is 7.53. The van der Waals surface area contributed by atoms with E-state index in [1.54, 1.807) is 36.6 Å². The van der Waals surface area contributed by atoms with E-state index >= 15 is 0 Å². The van der Waals surface area contributed by atoms with Crippen LogP contribution in [0.15, 0.2) is 29.6 Å². The third kappa shape index (κ3) is 5.08. The summed E-state index contributed by atoms with van der Waals surface area (Å²) >= 11 is 1.32. The Morgan fingerprint density at radius 2 is 2.13 bits per heavy atom. The van der Waals surface area contributed by atoms with Crippen LogP contribution in [-0.2, 0) is 4.74 Å². The number of amides is 1. The van der Waals surface area contributed by atoms with Crippen molar-refractivity contribution in [1.29, 1.82) is 0 Å². The van der Waals surface area contributed by atoms with Gasteiger partial charge in [-0.15, -0.1) is 11.3 Å². The summed E-state index contributed by atoms with van der Waals surface area (Å²) in [6.45, 7) is 2.00. The van der Waals surface area contributed by atoms with Gasteiger partial charge >= 0.3 is 6.09 Å². The number of anilines is 1. The zero-order chi connectivity index (χ0) is 16.7. The largest absolute Gasteiger partial charge is 0.449 e. The van der Waals surface area contributed by atoms with E-state index < -0.39 is 11.0 Å². The number of aromatic nitrogens is 1. The van der Waals surface area contributed by atoms with Crippen molar-refractivity contribution < 1.29 is 14.5 Å². The molecule has 0 unspecified atom stereocenters. The first-order valence-electron chi connectivity index (χ1n) is 6.65. The average molecular weight is 334 g/mol. The second-order valence-electron chi connectivity index (χ2n) is 4.23. The van der Waals surface area contributed by atoms with Crippen LogP contribution >= 0.6 is 11.3 Å². The van der Waals surface area contributed by atoms with Crippen LogP contribution in [0, 0.1) is 10.1 Å². The van der Waals surface area contributed by atoms with Crippen molar-refractivity contribution in [1.82, 2.24) is 10.4 Å². The maximum Gasteiger partial charge on any atom is 0.425 e. The molecule has 1 heterocycles. The standard InChI is InChI=1S/C14H14N4O4S/c1-2-22-14(19)17-16-13-15-11(9-23-13)6-3-10-4-7-12(8-5-10)18(20)21/h3-9H,2H2,1H3,(H,15,16)(H,17,19). The van der Waals surface area contributed by atoms with E-state index in [1.807, 2.05) is 0 Å². The molecule has 0 aliphatic heterocycles. The van der Waals surface area contributed by atoms with E-state index in [-0.39, 0.29) is 12.3 Å². The van der Waals surface area contributed by atoms with Gasteiger partial charge in [0.15, 0.2) is 0 Å². The molecule has 0 saturated carbocycles. The molecule has 1 aromatic heterocycles. The number of hydrogen-bond acceptors (Lipinski definition) is 7. The lowest BCUT2D eigenvalue weighted by Gasteiger charge is -2.04. The van der Waals surface area contributed by atoms with E-state index in [1.165, 1.54) is 23.5 Å². The molecule has 0 atom stereocenters. The van der Waals surface area contributed by atoms with Crippen LogP contribution in [-0.4, -0.2) is 22.6 Å². The number of carbonyl (C=O) groups is 1. The third-order valence-corrected chi connectivity index (χ3v) is 3.40. The summed E-state index contributed by atoms with van der Waals surface area (Å²) in [5.74, 6) is 0. The molecule has 0 bridgehead atoms. The summed E-state index contributed by atoms with van der Waals surface area (Å²) in [6, 6.07) is 6.19. The summed E-state index contributed by atoms with van der Waals surface area (Å²) < 4.78 is 4.70. The normalized spacial score (nSPS) is 10.5. The molecule has 0 saturated heterocycles. The number of hydrogen-bond donors (Lipinski definition) is 2. The summed E-state index contributed by atoms with van der Waals surface area (Å²) in [5.41, 5.74) is 6.56. The molecule has 120 valence electrons. The number of non-ortho nitro benzene ring substituents is 1. The van der Waals surface area contributed by atoms with Gasteiger partial charge < -0.3 is 4.74 Å². The molecule has 0 aliphatic carbocycles. The molecular weight excluding hydrogens is 320 g/mol. The van der Waals surface area contributed by atoms with Gasteiger partial charge in [-0.25, -0.2) is 15.2 Å². The number of nitro groups is 1. The number of ether oxygens (including phenoxy) is 1. The predicted octanol–water partition coefficient (Wildman–Crippen LogP) is 3.29. The van der Waals surface area contributed by atoms with E-state index in [9.17, 15) is 14.9 Å². The molecule has 2 aromatic rings. The number of thiazole rings is 1. The van der Waals surface area contributed by atoms with Crippen LogP contribution in [0.25, 0.3) is 12.2 Å². The van der Waals surface area contributed by atoms with Gasteiger partial charge in [-0.2, -0.15) is 0 Å². The van der Waals surface area contributed by atoms with Crippen molar-refractivity contribution in [2.75, 3.05) is 12.0 Å². The minimum absolute atomic E-state index is 0.0485. The van der Waals surface area contributed by atoms with Gasteiger partial charge in [0.05, 0.1) is 17.2 Å². The lowest BCUT2D eigenvalue weighted by Crippen LogP contribution is -2.29. The Morgan fingerprint density at radius 3 is 2.78 bits per heavy atom. The topological polar surface area (TPSA) is 106 Å². The van der Waals surface area contributed by atoms with Gasteiger partial charge in [-0.1, -0.05) is 6.08 Å². The molecule has 2 N–H and O–H groups in total. The van der Waals surface area contributed by atoms with Crippen molar-refractivity contribution in [2.24, 2.45) is 0 Å². The van der Waals surface area contributed by atoms with Gasteiger partial charge in [0, 0.05) is 17.5 Å². The molecule has 2 rings (SSSR count). The molecule has 1 aromatic carbocycles. The van der Waals surface area contributed by atoms with Crippen LogP contribution < -0.4 is 10.9 Å². The minimum Gasteiger partial charge on any atom is -0.449 e. The fraction of sp³-hybridized carbons (Fsp3) is 0.143. The molecule has 0 aliphatic rings. The Labute approximate surface area is 135 Å². The Balaban J connectivity index is 1.93. The second kappa shape index (κ2) is 7.90. The minimum atomic E-state index is -0.578. The van der Waals surface area contributed by atoms with Crippen LogP contribution in [0.2, 0.25) is 0 Å². The number of carbonyl (C=O) groups excluding carboxylic acids is 1. The number of nitrogens with zero attached hydrogens (tertiary/aromatic N) is 2. The first-order chi connectivity index (χ1) is 11.1. The quantitative estimate of drug-likeness (QED) is 0.620. The molecule has 9 heteroatoms. The maximum atomic E-state index is 11.1. The summed E-state index contributed by atoms with van der Waals surface area (Å²) in [4.78, 5) is 25.5. The lowest BCUT2D eigenvalue weighted by molar-refractivity contribution is -0.384. The van der Waals surface area contributed by atoms with Gasteiger partial charge in [-0.05, 0) is 30.7 Å². The molecular formula is C14H14N4O4S. The van der Waals surface area contributed by atoms with Crippen molar-refractivity contribution in [3.05, 3.63) is 51.0 Å². The van der Waals surface area contributed by atoms with Gasteiger partial charge in [0.1, 0.15) is 0 Å². The van der Waals surface area contributed by atoms with Gasteiger partial charge in [0.2, 0.25) is 5.13 Å². The van der Waals surface area contributed by atoms with Crippen molar-refractivity contribution in [2.45, 2.75) is 6.92 Å². The van der Waals surface area contributed by atoms with Crippen molar-refractivity contribution in [3.63, 3.8) is 0 Å². The highest BCUT2D eigenvalue weighted by atomic mass is 32.1. The monoisotopic (exact) mass is 334 g/mol. The zero-order valence-corrected chi connectivity index (χ0v) is 13.0. The van der Waals surface area contributed by atoms with E-state index in [4.69, 9.17) is 4.74 Å². The molecule has 23 heavy (non-hydrogen) atoms. The number of benzene rings is 1. The second-order valence-corrected chi connectivity index (χ2v) is 5.09. The Hall–Kier alpha value is -2.94. The Morgan fingerprint density at radius 1 is 1.39 bits per heavy atom. The number of nitrogens with one attached hydrogen (secondary N) is 2. The molecule has 0 fully saturated rings. The van der Waals surface area contributed by atoms with Gasteiger partial charge in [-0.3, -0.25) is 15.5 Å². The number of nitro benzene ring substituents is 1. The van der Waals surface area contributed by atoms with E-state index in [2.05, 4.69) is 15.8 Å². The van der Waals surface area contributed by atoms with Crippen LogP contribution in [0.4, 0.5) is 15.6 Å². The fourth-order valence-corrected chi connectivity index (χ4v) is 2.21. The third-order valence-electron chi connectivity index (χ3n) is 2.62. The van der Waals surface area contributed by atoms with Gasteiger partial charge in [0.25, 0.3) is 5.69 Å². The average Bonchev–Trinajstić information content (AvgIpc) is 2.99. The number of rotatable bonds is 6. The maximum absolute atomic E-state index is 11.1. The summed E-state index contributed by atoms with van der Waals surface area (Å²) in [7, 11) is 0. The fourth-order valence-electron chi connectivity index (χ4n) is 1.58.